The van der Waals surface area contributed by atoms with Crippen LogP contribution < -0.4 is 0 Å². The molecule has 0 aromatic carbocycles. The van der Waals surface area contributed by atoms with Crippen molar-refractivity contribution < 1.29 is 9.53 Å². The molecule has 0 aliphatic heterocycles. The Morgan fingerprint density at radius 2 is 1.22 bits per heavy atom. The molecule has 0 saturated carbocycles. The van der Waals surface area contributed by atoms with Gasteiger partial charge in [0.25, 0.3) is 0 Å². The maximum Gasteiger partial charge on any atom is 0.155 e. The molecule has 0 aromatic heterocycles. The third-order valence-corrected chi connectivity index (χ3v) is 3.20. The molecule has 2 nitrogen and oxygen atoms in total. The molecular weight excluding hydrogens is 224 g/mol. The summed E-state index contributed by atoms with van der Waals surface area (Å²) in [5, 5.41) is 0. The monoisotopic (exact) mass is 256 g/mol. The molecule has 0 aromatic rings. The van der Waals surface area contributed by atoms with Gasteiger partial charge < -0.3 is 4.74 Å². The summed E-state index contributed by atoms with van der Waals surface area (Å²) in [5.41, 5.74) is 0. The molecule has 0 saturated heterocycles. The SMILES string of the molecule is CCCCCCCCCCCCCOCC(C)=O. The highest BCUT2D eigenvalue weighted by atomic mass is 16.5. The van der Waals surface area contributed by atoms with E-state index < -0.39 is 0 Å². The van der Waals surface area contributed by atoms with Gasteiger partial charge in [-0.2, -0.15) is 0 Å². The van der Waals surface area contributed by atoms with Crippen LogP contribution in [0.25, 0.3) is 0 Å². The van der Waals surface area contributed by atoms with Gasteiger partial charge in [-0.25, -0.2) is 0 Å². The molecule has 2 heteroatoms. The van der Waals surface area contributed by atoms with E-state index in [1.54, 1.807) is 6.92 Å². The van der Waals surface area contributed by atoms with Gasteiger partial charge in [-0.1, -0.05) is 71.1 Å². The number of ketones is 1. The lowest BCUT2D eigenvalue weighted by molar-refractivity contribution is -0.121. The number of hydrogen-bond acceptors (Lipinski definition) is 2. The molecule has 0 spiro atoms. The van der Waals surface area contributed by atoms with Crippen LogP contribution in [0.5, 0.6) is 0 Å². The lowest BCUT2D eigenvalue weighted by atomic mass is 10.1. The van der Waals surface area contributed by atoms with Crippen molar-refractivity contribution in [3.05, 3.63) is 0 Å². The Hall–Kier alpha value is -0.370. The summed E-state index contributed by atoms with van der Waals surface area (Å²) >= 11 is 0. The van der Waals surface area contributed by atoms with Gasteiger partial charge >= 0.3 is 0 Å². The van der Waals surface area contributed by atoms with Crippen molar-refractivity contribution >= 4 is 5.78 Å². The number of rotatable bonds is 14. The minimum Gasteiger partial charge on any atom is -0.374 e. The number of Topliss-reactive ketones (excluding diaryl/α,β-unsaturated/α-hetero) is 1. The zero-order chi connectivity index (χ0) is 13.5. The Balaban J connectivity index is 2.92. The lowest BCUT2D eigenvalue weighted by Crippen LogP contribution is -2.04. The third kappa shape index (κ3) is 15.6. The number of hydrogen-bond donors (Lipinski definition) is 0. The van der Waals surface area contributed by atoms with Crippen LogP contribution in [0.3, 0.4) is 0 Å². The Kier molecular flexibility index (Phi) is 14.4. The van der Waals surface area contributed by atoms with Gasteiger partial charge in [-0.15, -0.1) is 0 Å². The van der Waals surface area contributed by atoms with Crippen LogP contribution >= 0.6 is 0 Å². The predicted molar refractivity (Wildman–Crippen MR) is 78.0 cm³/mol. The van der Waals surface area contributed by atoms with Gasteiger partial charge in [-0.05, 0) is 13.3 Å². The van der Waals surface area contributed by atoms with Crippen molar-refractivity contribution in [3.63, 3.8) is 0 Å². The van der Waals surface area contributed by atoms with E-state index in [1.807, 2.05) is 0 Å². The van der Waals surface area contributed by atoms with Gasteiger partial charge in [0.1, 0.15) is 6.61 Å². The molecule has 0 radical (unpaired) electrons. The first-order valence-electron chi connectivity index (χ1n) is 7.84. The van der Waals surface area contributed by atoms with Crippen molar-refractivity contribution in [2.24, 2.45) is 0 Å². The highest BCUT2D eigenvalue weighted by Gasteiger charge is 1.95. The van der Waals surface area contributed by atoms with Crippen LogP contribution in [0, 0.1) is 0 Å². The molecule has 0 heterocycles. The summed E-state index contributed by atoms with van der Waals surface area (Å²) < 4.78 is 5.23. The fraction of sp³-hybridized carbons (Fsp3) is 0.938. The molecule has 0 N–H and O–H groups in total. The number of ether oxygens (including phenoxy) is 1. The van der Waals surface area contributed by atoms with Gasteiger partial charge in [0.2, 0.25) is 0 Å². The Bertz CT molecular complexity index is 178. The summed E-state index contributed by atoms with van der Waals surface area (Å²) in [5.74, 6) is 0.123. The lowest BCUT2D eigenvalue weighted by Gasteiger charge is -2.03. The predicted octanol–water partition coefficient (Wildman–Crippen LogP) is 4.90. The normalized spacial score (nSPS) is 10.8. The fourth-order valence-electron chi connectivity index (χ4n) is 2.08. The number of unbranched alkanes of at least 4 members (excludes halogenated alkanes) is 10. The largest absolute Gasteiger partial charge is 0.374 e. The summed E-state index contributed by atoms with van der Waals surface area (Å²) in [6.45, 7) is 4.87. The van der Waals surface area contributed by atoms with E-state index in [9.17, 15) is 4.79 Å². The van der Waals surface area contributed by atoms with Crippen LogP contribution in [-0.2, 0) is 9.53 Å². The molecule has 18 heavy (non-hydrogen) atoms. The third-order valence-electron chi connectivity index (χ3n) is 3.20. The van der Waals surface area contributed by atoms with E-state index in [1.165, 1.54) is 64.2 Å². The Labute approximate surface area is 113 Å². The quantitative estimate of drug-likeness (QED) is 0.413. The molecule has 108 valence electrons. The molecule has 0 fully saturated rings. The van der Waals surface area contributed by atoms with Gasteiger partial charge in [0.15, 0.2) is 5.78 Å². The van der Waals surface area contributed by atoms with Gasteiger partial charge in [-0.3, -0.25) is 4.79 Å². The Morgan fingerprint density at radius 3 is 1.67 bits per heavy atom. The second-order valence-corrected chi connectivity index (χ2v) is 5.29. The standard InChI is InChI=1S/C16H32O2/c1-3-4-5-6-7-8-9-10-11-12-13-14-18-15-16(2)17/h3-15H2,1-2H3. The summed E-state index contributed by atoms with van der Waals surface area (Å²) in [6, 6.07) is 0. The zero-order valence-corrected chi connectivity index (χ0v) is 12.5. The minimum atomic E-state index is 0.123. The summed E-state index contributed by atoms with van der Waals surface area (Å²) in [6.07, 6.45) is 14.8. The number of carbonyl (C=O) groups excluding carboxylic acids is 1. The average molecular weight is 256 g/mol. The van der Waals surface area contributed by atoms with Crippen molar-refractivity contribution in [1.29, 1.82) is 0 Å². The van der Waals surface area contributed by atoms with Crippen LogP contribution in [0.1, 0.15) is 84.5 Å². The fourth-order valence-corrected chi connectivity index (χ4v) is 2.08. The second-order valence-electron chi connectivity index (χ2n) is 5.29. The van der Waals surface area contributed by atoms with E-state index in [0.717, 1.165) is 13.0 Å². The summed E-state index contributed by atoms with van der Waals surface area (Å²) in [7, 11) is 0. The maximum atomic E-state index is 10.6. The van der Waals surface area contributed by atoms with Gasteiger partial charge in [0.05, 0.1) is 0 Å². The van der Waals surface area contributed by atoms with E-state index in [-0.39, 0.29) is 12.4 Å². The van der Waals surface area contributed by atoms with E-state index in [4.69, 9.17) is 4.74 Å². The smallest absolute Gasteiger partial charge is 0.155 e. The second kappa shape index (κ2) is 14.7. The van der Waals surface area contributed by atoms with Crippen LogP contribution in [-0.4, -0.2) is 19.0 Å². The molecule has 0 amide bonds. The van der Waals surface area contributed by atoms with Crippen molar-refractivity contribution in [2.75, 3.05) is 13.2 Å². The maximum absolute atomic E-state index is 10.6. The first-order valence-corrected chi connectivity index (χ1v) is 7.84. The molecular formula is C16H32O2. The topological polar surface area (TPSA) is 26.3 Å². The van der Waals surface area contributed by atoms with E-state index in [0.29, 0.717) is 0 Å². The molecule has 0 bridgehead atoms. The van der Waals surface area contributed by atoms with Crippen LogP contribution in [0.2, 0.25) is 0 Å². The minimum absolute atomic E-state index is 0.123. The molecule has 0 aliphatic rings. The molecule has 0 aliphatic carbocycles. The van der Waals surface area contributed by atoms with Crippen LogP contribution in [0.15, 0.2) is 0 Å². The highest BCUT2D eigenvalue weighted by molar-refractivity contribution is 5.76. The highest BCUT2D eigenvalue weighted by Crippen LogP contribution is 2.11. The molecule has 0 atom stereocenters. The first-order chi connectivity index (χ1) is 8.77. The molecule has 0 rings (SSSR count). The Morgan fingerprint density at radius 1 is 0.778 bits per heavy atom. The summed E-state index contributed by atoms with van der Waals surface area (Å²) in [4.78, 5) is 10.6. The van der Waals surface area contributed by atoms with Crippen molar-refractivity contribution in [3.8, 4) is 0 Å². The average Bonchev–Trinajstić information content (AvgIpc) is 2.34. The first kappa shape index (κ1) is 17.6. The van der Waals surface area contributed by atoms with Crippen molar-refractivity contribution in [2.45, 2.75) is 84.5 Å². The number of carbonyl (C=O) groups is 1. The van der Waals surface area contributed by atoms with Crippen LogP contribution in [0.4, 0.5) is 0 Å². The van der Waals surface area contributed by atoms with E-state index >= 15 is 0 Å². The van der Waals surface area contributed by atoms with Gasteiger partial charge in [0, 0.05) is 6.61 Å². The van der Waals surface area contributed by atoms with E-state index in [2.05, 4.69) is 6.92 Å². The molecule has 0 unspecified atom stereocenters. The van der Waals surface area contributed by atoms with Crippen molar-refractivity contribution in [1.82, 2.24) is 0 Å². The zero-order valence-electron chi connectivity index (χ0n) is 12.5.